The van der Waals surface area contributed by atoms with Crippen molar-refractivity contribution >= 4 is 29.3 Å². The highest BCUT2D eigenvalue weighted by atomic mass is 32.2. The van der Waals surface area contributed by atoms with Crippen molar-refractivity contribution < 1.29 is 9.53 Å². The maximum absolute atomic E-state index is 12.7. The number of anilines is 2. The maximum Gasteiger partial charge on any atom is 0.237 e. The van der Waals surface area contributed by atoms with E-state index < -0.39 is 0 Å². The Balaban J connectivity index is 1.70. The van der Waals surface area contributed by atoms with E-state index in [4.69, 9.17) is 4.74 Å². The van der Waals surface area contributed by atoms with E-state index in [0.717, 1.165) is 47.8 Å². The molecular formula is C17H27N7O2S. The number of carbonyl (C=O) groups excluding carboxylic acids is 1. The van der Waals surface area contributed by atoms with Gasteiger partial charge in [-0.2, -0.15) is 5.10 Å². The first-order valence-electron chi connectivity index (χ1n) is 9.16. The first kappa shape index (κ1) is 19.7. The molecular weight excluding hydrogens is 366 g/mol. The molecule has 0 unspecified atom stereocenters. The van der Waals surface area contributed by atoms with Crippen LogP contribution in [0.5, 0.6) is 0 Å². The Morgan fingerprint density at radius 2 is 2.00 bits per heavy atom. The van der Waals surface area contributed by atoms with Gasteiger partial charge >= 0.3 is 0 Å². The highest BCUT2D eigenvalue weighted by Crippen LogP contribution is 2.27. The fraction of sp³-hybridized carbons (Fsp3) is 0.647. The smallest absolute Gasteiger partial charge is 0.237 e. The predicted molar refractivity (Wildman–Crippen MR) is 105 cm³/mol. The topological polar surface area (TPSA) is 90.1 Å². The van der Waals surface area contributed by atoms with Gasteiger partial charge in [0.15, 0.2) is 5.16 Å². The summed E-state index contributed by atoms with van der Waals surface area (Å²) in [5.41, 5.74) is 2.53. The highest BCUT2D eigenvalue weighted by molar-refractivity contribution is 8.00. The quantitative estimate of drug-likeness (QED) is 0.746. The molecule has 0 bridgehead atoms. The lowest BCUT2D eigenvalue weighted by Gasteiger charge is -2.27. The van der Waals surface area contributed by atoms with Crippen LogP contribution in [0.15, 0.2) is 5.16 Å². The van der Waals surface area contributed by atoms with Crippen LogP contribution in [0.4, 0.5) is 11.6 Å². The van der Waals surface area contributed by atoms with Crippen molar-refractivity contribution in [2.45, 2.75) is 44.6 Å². The first-order valence-corrected chi connectivity index (χ1v) is 10.0. The fourth-order valence-corrected chi connectivity index (χ4v) is 3.94. The molecule has 1 N–H and O–H groups in total. The molecule has 2 aromatic heterocycles. The van der Waals surface area contributed by atoms with Crippen molar-refractivity contribution in [1.29, 1.82) is 0 Å². The van der Waals surface area contributed by atoms with Crippen molar-refractivity contribution in [3.63, 3.8) is 0 Å². The molecule has 0 spiro atoms. The molecule has 1 saturated heterocycles. The number of aryl methyl sites for hydroxylation is 2. The molecule has 0 saturated carbocycles. The van der Waals surface area contributed by atoms with Crippen LogP contribution in [0, 0.1) is 13.8 Å². The minimum absolute atomic E-state index is 0.0715. The number of amides is 1. The number of rotatable bonds is 6. The van der Waals surface area contributed by atoms with Crippen LogP contribution < -0.4 is 10.2 Å². The summed E-state index contributed by atoms with van der Waals surface area (Å²) in [5.74, 6) is 0.771. The molecule has 0 aliphatic carbocycles. The van der Waals surface area contributed by atoms with Gasteiger partial charge in [0.25, 0.3) is 0 Å². The number of morpholine rings is 1. The third-order valence-electron chi connectivity index (χ3n) is 4.72. The second-order valence-electron chi connectivity index (χ2n) is 6.55. The summed E-state index contributed by atoms with van der Waals surface area (Å²) in [4.78, 5) is 14.9. The van der Waals surface area contributed by atoms with Gasteiger partial charge in [0.2, 0.25) is 11.9 Å². The number of hydrogen-bond acceptors (Lipinski definition) is 7. The van der Waals surface area contributed by atoms with Gasteiger partial charge in [-0.05, 0) is 27.7 Å². The van der Waals surface area contributed by atoms with E-state index in [1.807, 2.05) is 27.8 Å². The molecule has 1 aliphatic heterocycles. The molecule has 2 aromatic rings. The number of nitrogens with zero attached hydrogens (tertiary/aromatic N) is 6. The standard InChI is InChI=1S/C17H27N7O2S/c1-6-24-16(23-7-9-26-10-8-23)19-20-17(24)27-13(4)15(25)18-14-11(2)21-22(5)12(14)3/h13H,6-10H2,1-5H3,(H,18,25)/t13-/m0/s1. The van der Waals surface area contributed by atoms with Gasteiger partial charge in [-0.1, -0.05) is 11.8 Å². The minimum Gasteiger partial charge on any atom is -0.378 e. The third-order valence-corrected chi connectivity index (χ3v) is 5.80. The van der Waals surface area contributed by atoms with Crippen molar-refractivity contribution in [3.8, 4) is 0 Å². The van der Waals surface area contributed by atoms with E-state index in [1.165, 1.54) is 11.8 Å². The fourth-order valence-electron chi connectivity index (χ4n) is 3.03. The van der Waals surface area contributed by atoms with E-state index >= 15 is 0 Å². The molecule has 3 rings (SSSR count). The van der Waals surface area contributed by atoms with Gasteiger partial charge in [0, 0.05) is 26.7 Å². The molecule has 3 heterocycles. The lowest BCUT2D eigenvalue weighted by molar-refractivity contribution is -0.115. The molecule has 27 heavy (non-hydrogen) atoms. The van der Waals surface area contributed by atoms with Crippen molar-refractivity contribution in [3.05, 3.63) is 11.4 Å². The van der Waals surface area contributed by atoms with Crippen LogP contribution in [0.2, 0.25) is 0 Å². The number of hydrogen-bond donors (Lipinski definition) is 1. The SMILES string of the molecule is CCn1c(S[C@@H](C)C(=O)Nc2c(C)nn(C)c2C)nnc1N1CCOCC1. The minimum atomic E-state index is -0.309. The number of nitrogens with one attached hydrogen (secondary N) is 1. The zero-order valence-electron chi connectivity index (χ0n) is 16.5. The van der Waals surface area contributed by atoms with E-state index in [1.54, 1.807) is 4.68 Å². The van der Waals surface area contributed by atoms with Crippen LogP contribution in [0.25, 0.3) is 0 Å². The molecule has 1 aliphatic rings. The van der Waals surface area contributed by atoms with Crippen LogP contribution in [0.3, 0.4) is 0 Å². The van der Waals surface area contributed by atoms with Gasteiger partial charge in [0.05, 0.1) is 35.5 Å². The Kier molecular flexibility index (Phi) is 6.05. The Morgan fingerprint density at radius 1 is 1.30 bits per heavy atom. The molecule has 0 radical (unpaired) electrons. The molecule has 1 atom stereocenters. The number of carbonyl (C=O) groups is 1. The number of ether oxygens (including phenoxy) is 1. The molecule has 0 aromatic carbocycles. The van der Waals surface area contributed by atoms with Crippen LogP contribution in [-0.4, -0.2) is 62.0 Å². The summed E-state index contributed by atoms with van der Waals surface area (Å²) in [6.45, 7) is 11.5. The Bertz CT molecular complexity index is 811. The van der Waals surface area contributed by atoms with Crippen molar-refractivity contribution in [1.82, 2.24) is 24.5 Å². The predicted octanol–water partition coefficient (Wildman–Crippen LogP) is 1.60. The average molecular weight is 394 g/mol. The lowest BCUT2D eigenvalue weighted by atomic mass is 10.3. The summed E-state index contributed by atoms with van der Waals surface area (Å²) in [7, 11) is 1.87. The van der Waals surface area contributed by atoms with E-state index in [-0.39, 0.29) is 11.2 Å². The zero-order valence-corrected chi connectivity index (χ0v) is 17.3. The molecule has 9 nitrogen and oxygen atoms in total. The van der Waals surface area contributed by atoms with E-state index in [9.17, 15) is 4.79 Å². The number of thioether (sulfide) groups is 1. The summed E-state index contributed by atoms with van der Waals surface area (Å²) < 4.78 is 9.24. The summed E-state index contributed by atoms with van der Waals surface area (Å²) in [5, 5.41) is 16.5. The Hall–Kier alpha value is -2.07. The second-order valence-corrected chi connectivity index (χ2v) is 7.85. The summed E-state index contributed by atoms with van der Waals surface area (Å²) in [6.07, 6.45) is 0. The Morgan fingerprint density at radius 3 is 2.59 bits per heavy atom. The van der Waals surface area contributed by atoms with Crippen molar-refractivity contribution in [2.75, 3.05) is 36.5 Å². The second kappa shape index (κ2) is 8.30. The van der Waals surface area contributed by atoms with Gasteiger partial charge in [-0.3, -0.25) is 14.0 Å². The van der Waals surface area contributed by atoms with E-state index in [0.29, 0.717) is 13.2 Å². The first-order chi connectivity index (χ1) is 12.9. The van der Waals surface area contributed by atoms with Crippen molar-refractivity contribution in [2.24, 2.45) is 7.05 Å². The van der Waals surface area contributed by atoms with Crippen LogP contribution in [-0.2, 0) is 23.1 Å². The highest BCUT2D eigenvalue weighted by Gasteiger charge is 2.24. The number of aromatic nitrogens is 5. The van der Waals surface area contributed by atoms with Gasteiger partial charge in [-0.25, -0.2) is 0 Å². The van der Waals surface area contributed by atoms with Gasteiger partial charge < -0.3 is 15.0 Å². The van der Waals surface area contributed by atoms with E-state index in [2.05, 4.69) is 37.0 Å². The van der Waals surface area contributed by atoms with Crippen LogP contribution >= 0.6 is 11.8 Å². The maximum atomic E-state index is 12.7. The summed E-state index contributed by atoms with van der Waals surface area (Å²) >= 11 is 1.42. The molecule has 1 fully saturated rings. The zero-order chi connectivity index (χ0) is 19.6. The largest absolute Gasteiger partial charge is 0.378 e. The summed E-state index contributed by atoms with van der Waals surface area (Å²) in [6, 6.07) is 0. The molecule has 1 amide bonds. The monoisotopic (exact) mass is 393 g/mol. The molecule has 10 heteroatoms. The van der Waals surface area contributed by atoms with Gasteiger partial charge in [-0.15, -0.1) is 10.2 Å². The van der Waals surface area contributed by atoms with Gasteiger partial charge in [0.1, 0.15) is 0 Å². The lowest BCUT2D eigenvalue weighted by Crippen LogP contribution is -2.38. The molecule has 148 valence electrons. The normalized spacial score (nSPS) is 15.8. The third kappa shape index (κ3) is 4.11. The average Bonchev–Trinajstić information content (AvgIpc) is 3.17. The van der Waals surface area contributed by atoms with Crippen LogP contribution in [0.1, 0.15) is 25.2 Å². The Labute approximate surface area is 163 Å².